The zero-order valence-electron chi connectivity index (χ0n) is 10.8. The summed E-state index contributed by atoms with van der Waals surface area (Å²) in [6.07, 6.45) is 0.361. The van der Waals surface area contributed by atoms with Crippen molar-refractivity contribution in [2.24, 2.45) is 5.92 Å². The van der Waals surface area contributed by atoms with Crippen LogP contribution in [0.4, 0.5) is 0 Å². The molecule has 0 heterocycles. The van der Waals surface area contributed by atoms with E-state index in [0.717, 1.165) is 0 Å². The maximum atomic E-state index is 12.1. The largest absolute Gasteiger partial charge is 0.480 e. The van der Waals surface area contributed by atoms with Crippen molar-refractivity contribution in [2.75, 3.05) is 13.2 Å². The normalized spacial score (nSPS) is 13.9. The van der Waals surface area contributed by atoms with Crippen LogP contribution in [0.25, 0.3) is 0 Å². The van der Waals surface area contributed by atoms with E-state index in [-0.39, 0.29) is 19.1 Å². The summed E-state index contributed by atoms with van der Waals surface area (Å²) in [7, 11) is -3.52. The first-order valence-electron chi connectivity index (χ1n) is 5.74. The molecule has 2 N–H and O–H groups in total. The summed E-state index contributed by atoms with van der Waals surface area (Å²) in [4.78, 5) is 11.0. The van der Waals surface area contributed by atoms with Crippen LogP contribution in [0.5, 0.6) is 0 Å². The predicted octanol–water partition coefficient (Wildman–Crippen LogP) is 2.26. The fourth-order valence-corrected chi connectivity index (χ4v) is 2.82. The van der Waals surface area contributed by atoms with E-state index in [1.54, 1.807) is 13.8 Å². The lowest BCUT2D eigenvalue weighted by Gasteiger charge is -2.23. The Morgan fingerprint density at radius 1 is 1.29 bits per heavy atom. The minimum absolute atomic E-state index is 0.167. The molecule has 0 aliphatic carbocycles. The van der Waals surface area contributed by atoms with E-state index >= 15 is 0 Å². The molecule has 0 rings (SSSR count). The van der Waals surface area contributed by atoms with Gasteiger partial charge in [0, 0.05) is 0 Å². The zero-order chi connectivity index (χ0) is 13.5. The van der Waals surface area contributed by atoms with Crippen molar-refractivity contribution in [3.8, 4) is 0 Å². The van der Waals surface area contributed by atoms with Crippen molar-refractivity contribution in [1.29, 1.82) is 0 Å². The van der Waals surface area contributed by atoms with Crippen molar-refractivity contribution >= 4 is 13.7 Å². The molecule has 17 heavy (non-hydrogen) atoms. The third kappa shape index (κ3) is 6.78. The SMILES string of the molecule is CCOP(=O)(N[C@@H](CC(C)C)C(=O)O)OCC. The molecule has 1 atom stereocenters. The van der Waals surface area contributed by atoms with Crippen molar-refractivity contribution < 1.29 is 23.5 Å². The molecule has 0 fully saturated rings. The second kappa shape index (κ2) is 7.82. The molecule has 0 aromatic carbocycles. The van der Waals surface area contributed by atoms with Gasteiger partial charge in [0.25, 0.3) is 0 Å². The Bertz CT molecular complexity index is 272. The number of carboxylic acid groups (broad SMARTS) is 1. The molecule has 0 saturated carbocycles. The van der Waals surface area contributed by atoms with E-state index in [9.17, 15) is 9.36 Å². The molecule has 0 aromatic heterocycles. The number of carbonyl (C=O) groups is 1. The molecule has 6 nitrogen and oxygen atoms in total. The number of aliphatic carboxylic acids is 1. The molecule has 0 radical (unpaired) electrons. The average molecular weight is 267 g/mol. The molecule has 0 amide bonds. The van der Waals surface area contributed by atoms with Crippen molar-refractivity contribution in [2.45, 2.75) is 40.2 Å². The Morgan fingerprint density at radius 3 is 2.06 bits per heavy atom. The Morgan fingerprint density at radius 2 is 1.76 bits per heavy atom. The summed E-state index contributed by atoms with van der Waals surface area (Å²) in [6.45, 7) is 7.52. The number of carboxylic acids is 1. The highest BCUT2D eigenvalue weighted by Crippen LogP contribution is 2.44. The Kier molecular flexibility index (Phi) is 7.63. The Balaban J connectivity index is 4.67. The van der Waals surface area contributed by atoms with Crippen molar-refractivity contribution in [3.63, 3.8) is 0 Å². The quantitative estimate of drug-likeness (QED) is 0.623. The van der Waals surface area contributed by atoms with Gasteiger partial charge in [-0.05, 0) is 26.2 Å². The summed E-state index contributed by atoms with van der Waals surface area (Å²) in [5.41, 5.74) is 0. The lowest BCUT2D eigenvalue weighted by molar-refractivity contribution is -0.139. The lowest BCUT2D eigenvalue weighted by Crippen LogP contribution is -2.36. The van der Waals surface area contributed by atoms with Crippen LogP contribution in [0.1, 0.15) is 34.1 Å². The van der Waals surface area contributed by atoms with Crippen LogP contribution in [0.3, 0.4) is 0 Å². The first kappa shape index (κ1) is 16.6. The highest BCUT2D eigenvalue weighted by Gasteiger charge is 2.31. The van der Waals surface area contributed by atoms with E-state index in [0.29, 0.717) is 6.42 Å². The van der Waals surface area contributed by atoms with Crippen LogP contribution >= 0.6 is 7.75 Å². The summed E-state index contributed by atoms with van der Waals surface area (Å²) in [5.74, 6) is -0.890. The van der Waals surface area contributed by atoms with Gasteiger partial charge >= 0.3 is 13.7 Å². The highest BCUT2D eigenvalue weighted by molar-refractivity contribution is 7.51. The summed E-state index contributed by atoms with van der Waals surface area (Å²) in [6, 6.07) is -0.932. The number of nitrogens with one attached hydrogen (secondary N) is 1. The van der Waals surface area contributed by atoms with Crippen LogP contribution in [0.15, 0.2) is 0 Å². The fraction of sp³-hybridized carbons (Fsp3) is 0.900. The van der Waals surface area contributed by atoms with Crippen LogP contribution < -0.4 is 5.09 Å². The molecule has 0 aromatic rings. The second-order valence-electron chi connectivity index (χ2n) is 3.98. The molecule has 0 spiro atoms. The Labute approximate surface area is 102 Å². The van der Waals surface area contributed by atoms with Gasteiger partial charge < -0.3 is 5.11 Å². The van der Waals surface area contributed by atoms with Gasteiger partial charge in [0.05, 0.1) is 13.2 Å². The second-order valence-corrected chi connectivity index (χ2v) is 5.75. The van der Waals surface area contributed by atoms with E-state index in [2.05, 4.69) is 5.09 Å². The van der Waals surface area contributed by atoms with Crippen LogP contribution in [-0.4, -0.2) is 30.3 Å². The summed E-state index contributed by atoms with van der Waals surface area (Å²) in [5, 5.41) is 11.5. The Hall–Kier alpha value is -0.420. The minimum Gasteiger partial charge on any atom is -0.480 e. The smallest absolute Gasteiger partial charge is 0.406 e. The first-order valence-corrected chi connectivity index (χ1v) is 7.28. The minimum atomic E-state index is -3.52. The summed E-state index contributed by atoms with van der Waals surface area (Å²) < 4.78 is 22.1. The first-order chi connectivity index (χ1) is 7.84. The van der Waals surface area contributed by atoms with Crippen LogP contribution in [0.2, 0.25) is 0 Å². The van der Waals surface area contributed by atoms with Gasteiger partial charge in [0.1, 0.15) is 6.04 Å². The third-order valence-electron chi connectivity index (χ3n) is 1.92. The van der Waals surface area contributed by atoms with Gasteiger partial charge in [0.2, 0.25) is 0 Å². The third-order valence-corrected chi connectivity index (χ3v) is 3.74. The van der Waals surface area contributed by atoms with E-state index in [4.69, 9.17) is 14.2 Å². The molecule has 0 aliphatic rings. The molecule has 0 unspecified atom stereocenters. The molecule has 0 aliphatic heterocycles. The highest BCUT2D eigenvalue weighted by atomic mass is 31.2. The van der Waals surface area contributed by atoms with E-state index in [1.807, 2.05) is 13.8 Å². The predicted molar refractivity (Wildman–Crippen MR) is 64.9 cm³/mol. The molecule has 0 saturated heterocycles. The van der Waals surface area contributed by atoms with Gasteiger partial charge in [-0.3, -0.25) is 13.8 Å². The van der Waals surface area contributed by atoms with Gasteiger partial charge in [-0.15, -0.1) is 0 Å². The van der Waals surface area contributed by atoms with E-state index in [1.165, 1.54) is 0 Å². The lowest BCUT2D eigenvalue weighted by atomic mass is 10.1. The maximum Gasteiger partial charge on any atom is 0.406 e. The molecule has 102 valence electrons. The fourth-order valence-electron chi connectivity index (χ4n) is 1.32. The van der Waals surface area contributed by atoms with E-state index < -0.39 is 19.8 Å². The number of hydrogen-bond donors (Lipinski definition) is 2. The van der Waals surface area contributed by atoms with Gasteiger partial charge in [-0.1, -0.05) is 13.8 Å². The molecular formula is C10H22NO5P. The van der Waals surface area contributed by atoms with Gasteiger partial charge in [-0.2, -0.15) is 0 Å². The molecule has 7 heteroatoms. The molecular weight excluding hydrogens is 245 g/mol. The zero-order valence-corrected chi connectivity index (χ0v) is 11.7. The topological polar surface area (TPSA) is 84.9 Å². The van der Waals surface area contributed by atoms with Crippen LogP contribution in [0, 0.1) is 5.92 Å². The average Bonchev–Trinajstić information content (AvgIpc) is 2.16. The molecule has 0 bridgehead atoms. The monoisotopic (exact) mass is 267 g/mol. The van der Waals surface area contributed by atoms with Crippen molar-refractivity contribution in [1.82, 2.24) is 5.09 Å². The maximum absolute atomic E-state index is 12.1. The standard InChI is InChI=1S/C10H22NO5P/c1-5-15-17(14,16-6-2)11-9(10(12)13)7-8(3)4/h8-9H,5-7H2,1-4H3,(H,11,14)(H,12,13)/t9-/m0/s1. The van der Waals surface area contributed by atoms with Crippen LogP contribution in [-0.2, 0) is 18.4 Å². The number of hydrogen-bond acceptors (Lipinski definition) is 4. The van der Waals surface area contributed by atoms with Gasteiger partial charge in [0.15, 0.2) is 0 Å². The van der Waals surface area contributed by atoms with Crippen molar-refractivity contribution in [3.05, 3.63) is 0 Å². The number of rotatable bonds is 9. The summed E-state index contributed by atoms with van der Waals surface area (Å²) >= 11 is 0. The van der Waals surface area contributed by atoms with Gasteiger partial charge in [-0.25, -0.2) is 9.65 Å².